The zero-order chi connectivity index (χ0) is 18.4. The second kappa shape index (κ2) is 8.62. The lowest BCUT2D eigenvalue weighted by molar-refractivity contribution is -0.149. The van der Waals surface area contributed by atoms with Gasteiger partial charge in [0.15, 0.2) is 0 Å². The molecule has 5 heteroatoms. The molecule has 0 aliphatic carbocycles. The Labute approximate surface area is 147 Å². The van der Waals surface area contributed by atoms with Gasteiger partial charge >= 0.3 is 5.97 Å². The third kappa shape index (κ3) is 4.79. The number of ether oxygens (including phenoxy) is 2. The summed E-state index contributed by atoms with van der Waals surface area (Å²) in [6.07, 6.45) is -1.89. The van der Waals surface area contributed by atoms with Crippen molar-refractivity contribution in [2.75, 3.05) is 6.61 Å². The van der Waals surface area contributed by atoms with Crippen LogP contribution in [0.3, 0.4) is 0 Å². The van der Waals surface area contributed by atoms with Crippen molar-refractivity contribution in [1.82, 2.24) is 0 Å². The first-order valence-corrected chi connectivity index (χ1v) is 8.28. The van der Waals surface area contributed by atoms with E-state index in [1.165, 1.54) is 0 Å². The van der Waals surface area contributed by atoms with Crippen molar-refractivity contribution < 1.29 is 18.7 Å². The number of alkyl halides is 1. The van der Waals surface area contributed by atoms with Crippen LogP contribution in [0, 0.1) is 13.8 Å². The molecule has 0 saturated heterocycles. The molecular formula is C20H24FNO3. The van der Waals surface area contributed by atoms with Gasteiger partial charge in [-0.15, -0.1) is 0 Å². The van der Waals surface area contributed by atoms with Crippen molar-refractivity contribution in [3.05, 3.63) is 64.7 Å². The van der Waals surface area contributed by atoms with Gasteiger partial charge in [0.25, 0.3) is 0 Å². The quantitative estimate of drug-likeness (QED) is 0.776. The molecule has 0 radical (unpaired) electrons. The Hall–Kier alpha value is -2.40. The van der Waals surface area contributed by atoms with E-state index in [9.17, 15) is 9.18 Å². The molecule has 134 valence electrons. The summed E-state index contributed by atoms with van der Waals surface area (Å²) in [6.45, 7) is 5.95. The summed E-state index contributed by atoms with van der Waals surface area (Å²) in [5, 5.41) is 0. The summed E-state index contributed by atoms with van der Waals surface area (Å²) in [6, 6.07) is 12.3. The van der Waals surface area contributed by atoms with Gasteiger partial charge in [-0.1, -0.05) is 42.5 Å². The number of halogens is 1. The van der Waals surface area contributed by atoms with Gasteiger partial charge in [-0.05, 0) is 43.0 Å². The van der Waals surface area contributed by atoms with Crippen LogP contribution in [-0.2, 0) is 16.1 Å². The van der Waals surface area contributed by atoms with E-state index in [0.29, 0.717) is 12.2 Å². The molecule has 0 aliphatic heterocycles. The SMILES string of the molecule is CCOC(=O)C(F)[C@H](N)c1cc(C)c(OCc2ccccc2)c(C)c1. The van der Waals surface area contributed by atoms with Gasteiger partial charge in [0.1, 0.15) is 12.4 Å². The predicted octanol–water partition coefficient (Wildman–Crippen LogP) is 3.78. The lowest BCUT2D eigenvalue weighted by atomic mass is 9.98. The smallest absolute Gasteiger partial charge is 0.342 e. The number of benzene rings is 2. The highest BCUT2D eigenvalue weighted by atomic mass is 19.1. The van der Waals surface area contributed by atoms with Crippen LogP contribution in [-0.4, -0.2) is 18.7 Å². The van der Waals surface area contributed by atoms with Crippen LogP contribution in [0.1, 0.15) is 35.2 Å². The van der Waals surface area contributed by atoms with E-state index in [0.717, 1.165) is 22.4 Å². The largest absolute Gasteiger partial charge is 0.488 e. The lowest BCUT2D eigenvalue weighted by Gasteiger charge is -2.19. The molecule has 2 aromatic carbocycles. The number of rotatable bonds is 7. The van der Waals surface area contributed by atoms with Crippen LogP contribution < -0.4 is 10.5 Å². The van der Waals surface area contributed by atoms with Gasteiger partial charge < -0.3 is 15.2 Å². The molecule has 0 spiro atoms. The molecular weight excluding hydrogens is 321 g/mol. The lowest BCUT2D eigenvalue weighted by Crippen LogP contribution is -2.31. The summed E-state index contributed by atoms with van der Waals surface area (Å²) in [5.41, 5.74) is 9.20. The molecule has 0 fully saturated rings. The van der Waals surface area contributed by atoms with Crippen LogP contribution in [0.4, 0.5) is 4.39 Å². The molecule has 25 heavy (non-hydrogen) atoms. The van der Waals surface area contributed by atoms with E-state index < -0.39 is 18.2 Å². The first-order chi connectivity index (χ1) is 11.9. The minimum atomic E-state index is -1.89. The third-order valence-electron chi connectivity index (χ3n) is 3.92. The normalized spacial score (nSPS) is 13.2. The van der Waals surface area contributed by atoms with Gasteiger partial charge in [0.2, 0.25) is 6.17 Å². The van der Waals surface area contributed by atoms with Crippen molar-refractivity contribution in [1.29, 1.82) is 0 Å². The molecule has 0 bridgehead atoms. The van der Waals surface area contributed by atoms with Crippen LogP contribution in [0.15, 0.2) is 42.5 Å². The summed E-state index contributed by atoms with van der Waals surface area (Å²) < 4.78 is 24.8. The van der Waals surface area contributed by atoms with E-state index in [1.807, 2.05) is 44.2 Å². The number of esters is 1. The van der Waals surface area contributed by atoms with E-state index in [-0.39, 0.29) is 6.61 Å². The van der Waals surface area contributed by atoms with Crippen molar-refractivity contribution >= 4 is 5.97 Å². The Bertz CT molecular complexity index is 695. The molecule has 2 rings (SSSR count). The highest BCUT2D eigenvalue weighted by molar-refractivity contribution is 5.75. The van der Waals surface area contributed by atoms with Gasteiger partial charge in [0.05, 0.1) is 12.6 Å². The summed E-state index contributed by atoms with van der Waals surface area (Å²) in [5.74, 6) is -0.193. The zero-order valence-electron chi connectivity index (χ0n) is 14.8. The van der Waals surface area contributed by atoms with Gasteiger partial charge in [-0.3, -0.25) is 0 Å². The average Bonchev–Trinajstić information content (AvgIpc) is 2.60. The maximum atomic E-state index is 14.2. The van der Waals surface area contributed by atoms with Crippen molar-refractivity contribution in [2.45, 2.75) is 39.6 Å². The maximum absolute atomic E-state index is 14.2. The molecule has 0 aromatic heterocycles. The van der Waals surface area contributed by atoms with Crippen LogP contribution in [0.2, 0.25) is 0 Å². The Balaban J connectivity index is 2.14. The van der Waals surface area contributed by atoms with E-state index in [1.54, 1.807) is 19.1 Å². The second-order valence-corrected chi connectivity index (χ2v) is 5.94. The third-order valence-corrected chi connectivity index (χ3v) is 3.92. The number of hydrogen-bond donors (Lipinski definition) is 1. The van der Waals surface area contributed by atoms with E-state index in [2.05, 4.69) is 0 Å². The van der Waals surface area contributed by atoms with Gasteiger partial charge in [0, 0.05) is 0 Å². The first-order valence-electron chi connectivity index (χ1n) is 8.28. The molecule has 2 atom stereocenters. The van der Waals surface area contributed by atoms with Crippen LogP contribution >= 0.6 is 0 Å². The Morgan fingerprint density at radius 2 is 1.76 bits per heavy atom. The minimum absolute atomic E-state index is 0.121. The molecule has 1 unspecified atom stereocenters. The van der Waals surface area contributed by atoms with Crippen molar-refractivity contribution in [3.8, 4) is 5.75 Å². The fourth-order valence-corrected chi connectivity index (χ4v) is 2.67. The fourth-order valence-electron chi connectivity index (χ4n) is 2.67. The molecule has 4 nitrogen and oxygen atoms in total. The number of aryl methyl sites for hydroxylation is 2. The Morgan fingerprint density at radius 3 is 2.32 bits per heavy atom. The highest BCUT2D eigenvalue weighted by Gasteiger charge is 2.28. The highest BCUT2D eigenvalue weighted by Crippen LogP contribution is 2.29. The minimum Gasteiger partial charge on any atom is -0.488 e. The monoisotopic (exact) mass is 345 g/mol. The first kappa shape index (κ1) is 18.9. The van der Waals surface area contributed by atoms with Crippen LogP contribution in [0.5, 0.6) is 5.75 Å². The summed E-state index contributed by atoms with van der Waals surface area (Å²) in [4.78, 5) is 11.6. The van der Waals surface area contributed by atoms with Crippen LogP contribution in [0.25, 0.3) is 0 Å². The molecule has 0 saturated carbocycles. The van der Waals surface area contributed by atoms with Gasteiger partial charge in [-0.25, -0.2) is 9.18 Å². The molecule has 2 N–H and O–H groups in total. The zero-order valence-corrected chi connectivity index (χ0v) is 14.8. The maximum Gasteiger partial charge on any atom is 0.342 e. The van der Waals surface area contributed by atoms with Crippen molar-refractivity contribution in [2.24, 2.45) is 5.73 Å². The van der Waals surface area contributed by atoms with E-state index in [4.69, 9.17) is 15.2 Å². The molecule has 0 aliphatic rings. The van der Waals surface area contributed by atoms with Gasteiger partial charge in [-0.2, -0.15) is 0 Å². The topological polar surface area (TPSA) is 61.5 Å². The standard InChI is InChI=1S/C20H24FNO3/c1-4-24-20(23)17(21)18(22)16-10-13(2)19(14(3)11-16)25-12-15-8-6-5-7-9-15/h5-11,17-18H,4,12,22H2,1-3H3/t17?,18-/m1/s1. The average molecular weight is 345 g/mol. The predicted molar refractivity (Wildman–Crippen MR) is 95.1 cm³/mol. The number of carbonyl (C=O) groups excluding carboxylic acids is 1. The second-order valence-electron chi connectivity index (χ2n) is 5.94. The van der Waals surface area contributed by atoms with Crippen molar-refractivity contribution in [3.63, 3.8) is 0 Å². The molecule has 0 heterocycles. The summed E-state index contributed by atoms with van der Waals surface area (Å²) >= 11 is 0. The number of carbonyl (C=O) groups is 1. The molecule has 0 amide bonds. The van der Waals surface area contributed by atoms with E-state index >= 15 is 0 Å². The fraction of sp³-hybridized carbons (Fsp3) is 0.350. The molecule has 2 aromatic rings. The Morgan fingerprint density at radius 1 is 1.16 bits per heavy atom. The number of nitrogens with two attached hydrogens (primary N) is 1. The summed E-state index contributed by atoms with van der Waals surface area (Å²) in [7, 11) is 0. The number of hydrogen-bond acceptors (Lipinski definition) is 4. The Kier molecular flexibility index (Phi) is 6.53.